The van der Waals surface area contributed by atoms with Crippen LogP contribution in [-0.2, 0) is 31.8 Å². The normalized spacial score (nSPS) is 9.53. The second-order valence-corrected chi connectivity index (χ2v) is 9.42. The van der Waals surface area contributed by atoms with E-state index in [0.29, 0.717) is 59.2 Å². The maximum Gasteiger partial charge on any atom is 1.00 e. The fraction of sp³-hybridized carbons (Fsp3) is 0.500. The number of nitrogens with one attached hydrogen (secondary N) is 2. The molecule has 2 aromatic rings. The van der Waals surface area contributed by atoms with Crippen molar-refractivity contribution in [3.8, 4) is 0 Å². The molecule has 0 bridgehead atoms. The molecule has 36 heavy (non-hydrogen) atoms. The first kappa shape index (κ1) is 37.9. The van der Waals surface area contributed by atoms with Crippen LogP contribution < -0.4 is 61.2 Å². The van der Waals surface area contributed by atoms with Crippen molar-refractivity contribution < 1.29 is 70.6 Å². The molecule has 2 N–H and O–H groups in total. The number of aromatic nitrogens is 4. The molecule has 0 aliphatic heterocycles. The number of H-pyrrole nitrogens is 2. The summed E-state index contributed by atoms with van der Waals surface area (Å²) >= 11 is 22.3. The molecular formula is C20H28Cl3KN6O4S2. The smallest absolute Gasteiger partial charge is 0.742 e. The van der Waals surface area contributed by atoms with E-state index in [0.717, 1.165) is 11.8 Å². The van der Waals surface area contributed by atoms with E-state index in [4.69, 9.17) is 34.8 Å². The third-order valence-corrected chi connectivity index (χ3v) is 5.45. The van der Waals surface area contributed by atoms with Crippen molar-refractivity contribution in [3.63, 3.8) is 0 Å². The molecule has 0 unspecified atom stereocenters. The summed E-state index contributed by atoms with van der Waals surface area (Å²) in [6.07, 6.45) is 3.65. The van der Waals surface area contributed by atoms with Gasteiger partial charge in [0.2, 0.25) is 11.8 Å². The van der Waals surface area contributed by atoms with Gasteiger partial charge < -0.3 is 27.2 Å². The van der Waals surface area contributed by atoms with E-state index in [2.05, 4.69) is 33.0 Å². The quantitative estimate of drug-likeness (QED) is 0.242. The number of rotatable bonds is 9. The molecule has 196 valence electrons. The number of hydrogen-bond donors (Lipinski definition) is 2. The van der Waals surface area contributed by atoms with Gasteiger partial charge in [0.25, 0.3) is 0 Å². The first-order valence-electron chi connectivity index (χ1n) is 10.3. The Hall–Kier alpha value is -0.224. The summed E-state index contributed by atoms with van der Waals surface area (Å²) in [5.74, 6) is 0.681. The van der Waals surface area contributed by atoms with Gasteiger partial charge in [-0.25, -0.2) is 0 Å². The van der Waals surface area contributed by atoms with Gasteiger partial charge in [0, 0.05) is 49.6 Å². The average molecular weight is 626 g/mol. The average Bonchev–Trinajstić information content (AvgIpc) is 3.38. The van der Waals surface area contributed by atoms with Crippen LogP contribution in [0.1, 0.15) is 40.5 Å². The minimum Gasteiger partial charge on any atom is -0.742 e. The molecule has 0 aliphatic carbocycles. The molecule has 2 rings (SSSR count). The van der Waals surface area contributed by atoms with E-state index in [-0.39, 0.29) is 73.4 Å². The van der Waals surface area contributed by atoms with Gasteiger partial charge in [-0.15, -0.1) is 11.6 Å². The van der Waals surface area contributed by atoms with Crippen molar-refractivity contribution in [2.75, 3.05) is 34.5 Å². The maximum atomic E-state index is 11.9. The van der Waals surface area contributed by atoms with Crippen LogP contribution in [0.2, 0.25) is 10.3 Å². The zero-order valence-corrected chi connectivity index (χ0v) is 27.8. The molecule has 0 fully saturated rings. The van der Waals surface area contributed by atoms with Gasteiger partial charge >= 0.3 is 51.4 Å². The van der Waals surface area contributed by atoms with E-state index in [9.17, 15) is 19.2 Å². The third kappa shape index (κ3) is 15.3. The monoisotopic (exact) mass is 624 g/mol. The van der Waals surface area contributed by atoms with Crippen LogP contribution in [0.5, 0.6) is 0 Å². The molecule has 16 heteroatoms. The van der Waals surface area contributed by atoms with Gasteiger partial charge in [0.15, 0.2) is 5.12 Å². The van der Waals surface area contributed by atoms with Gasteiger partial charge in [0.1, 0.15) is 21.7 Å². The molecule has 0 radical (unpaired) electrons. The summed E-state index contributed by atoms with van der Waals surface area (Å²) in [6, 6.07) is 0. The summed E-state index contributed by atoms with van der Waals surface area (Å²) in [6.45, 7) is 7.63. The molecule has 0 atom stereocenters. The first-order chi connectivity index (χ1) is 16.5. The number of carbonyl (C=O) groups excluding carboxylic acids is 4. The van der Waals surface area contributed by atoms with Crippen molar-refractivity contribution in [3.05, 3.63) is 22.7 Å². The van der Waals surface area contributed by atoms with Crippen molar-refractivity contribution in [2.45, 2.75) is 40.5 Å². The number of anilines is 2. The Bertz CT molecular complexity index is 960. The predicted molar refractivity (Wildman–Crippen MR) is 144 cm³/mol. The summed E-state index contributed by atoms with van der Waals surface area (Å²) in [5, 5.41) is 13.1. The molecule has 0 aromatic carbocycles. The number of carbonyl (C=O) groups is 4. The Labute approximate surface area is 278 Å². The largest absolute Gasteiger partial charge is 1.00 e. The number of amides is 2. The maximum absolute atomic E-state index is 11.9. The third-order valence-electron chi connectivity index (χ3n) is 3.89. The van der Waals surface area contributed by atoms with Crippen molar-refractivity contribution in [1.82, 2.24) is 20.4 Å². The SMILES string of the molecule is CC(=O)[S-].CCN(C(=O)CCCl)c1cn[nH]c1Cl.CCN(C(=O)CCSC(C)=O)c1cn[nH]c1Cl.[K+]. The molecule has 2 aromatic heterocycles. The van der Waals surface area contributed by atoms with Crippen LogP contribution in [-0.4, -0.2) is 67.2 Å². The van der Waals surface area contributed by atoms with Crippen molar-refractivity contribution in [2.24, 2.45) is 0 Å². The molecule has 0 spiro atoms. The Morgan fingerprint density at radius 3 is 1.58 bits per heavy atom. The van der Waals surface area contributed by atoms with Gasteiger partial charge in [-0.1, -0.05) is 35.0 Å². The standard InChI is InChI=1S/C10H14ClN3O2S.C8H11Cl2N3O.C2H4OS.K/c1-3-14(8-6-12-13-10(8)11)9(16)4-5-17-7(2)15;1-2-13(7(14)3-4-9)6-5-11-12-8(6)10;1-2(3)4;/h6H,3-5H2,1-2H3,(H,12,13);5H,2-4H2,1H3,(H,11,12);1H3,(H,3,4);/q;;;+1/p-1. The van der Waals surface area contributed by atoms with E-state index < -0.39 is 0 Å². The molecule has 0 saturated heterocycles. The fourth-order valence-electron chi connectivity index (χ4n) is 2.50. The zero-order chi connectivity index (χ0) is 27.0. The number of thioether (sulfide) groups is 1. The van der Waals surface area contributed by atoms with Crippen molar-refractivity contribution >= 4 is 92.6 Å². The number of nitrogens with zero attached hydrogens (tertiary/aromatic N) is 4. The summed E-state index contributed by atoms with van der Waals surface area (Å²) in [4.78, 5) is 46.6. The van der Waals surface area contributed by atoms with Crippen LogP contribution in [0.4, 0.5) is 11.4 Å². The van der Waals surface area contributed by atoms with E-state index >= 15 is 0 Å². The summed E-state index contributed by atoms with van der Waals surface area (Å²) in [5.41, 5.74) is 1.18. The van der Waals surface area contributed by atoms with Crippen LogP contribution in [0.15, 0.2) is 12.4 Å². The number of alkyl halides is 1. The molecular weight excluding hydrogens is 598 g/mol. The Morgan fingerprint density at radius 2 is 1.31 bits per heavy atom. The van der Waals surface area contributed by atoms with E-state index in [1.807, 2.05) is 13.8 Å². The van der Waals surface area contributed by atoms with Crippen LogP contribution in [0.3, 0.4) is 0 Å². The van der Waals surface area contributed by atoms with Crippen LogP contribution >= 0.6 is 46.6 Å². The van der Waals surface area contributed by atoms with Gasteiger partial charge in [-0.05, 0) is 20.8 Å². The van der Waals surface area contributed by atoms with E-state index in [1.165, 1.54) is 26.2 Å². The molecule has 2 amide bonds. The van der Waals surface area contributed by atoms with Crippen molar-refractivity contribution in [1.29, 1.82) is 0 Å². The first-order valence-corrected chi connectivity index (χ1v) is 13.0. The number of aromatic amines is 2. The number of halogens is 3. The predicted octanol–water partition coefficient (Wildman–Crippen LogP) is 1.21. The Morgan fingerprint density at radius 1 is 0.917 bits per heavy atom. The Kier molecular flexibility index (Phi) is 22.8. The van der Waals surface area contributed by atoms with Crippen LogP contribution in [0, 0.1) is 0 Å². The second-order valence-electron chi connectivity index (χ2n) is 6.44. The summed E-state index contributed by atoms with van der Waals surface area (Å²) in [7, 11) is 0. The zero-order valence-electron chi connectivity index (χ0n) is 20.8. The second kappa shape index (κ2) is 21.7. The van der Waals surface area contributed by atoms with E-state index in [1.54, 1.807) is 9.80 Å². The molecule has 0 saturated carbocycles. The minimum atomic E-state index is -0.250. The minimum absolute atomic E-state index is 0. The number of hydrogen-bond acceptors (Lipinski definition) is 8. The summed E-state index contributed by atoms with van der Waals surface area (Å²) < 4.78 is 0. The van der Waals surface area contributed by atoms with Crippen LogP contribution in [0.25, 0.3) is 0 Å². The Balaban J connectivity index is 0. The molecule has 2 heterocycles. The van der Waals surface area contributed by atoms with Gasteiger partial charge in [0.05, 0.1) is 12.4 Å². The van der Waals surface area contributed by atoms with Gasteiger partial charge in [-0.2, -0.15) is 10.2 Å². The topological polar surface area (TPSA) is 132 Å². The van der Waals surface area contributed by atoms with Gasteiger partial charge in [-0.3, -0.25) is 24.6 Å². The molecule has 0 aliphatic rings. The fourth-order valence-corrected chi connectivity index (χ4v) is 3.62. The molecule has 10 nitrogen and oxygen atoms in total.